The molecule has 2 aliphatic heterocycles. The van der Waals surface area contributed by atoms with E-state index in [9.17, 15) is 22.4 Å². The molecule has 3 atom stereocenters. The van der Waals surface area contributed by atoms with Gasteiger partial charge >= 0.3 is 12.1 Å². The molecular formula is C22H24F4N2O5. The van der Waals surface area contributed by atoms with Gasteiger partial charge in [-0.15, -0.1) is 0 Å². The van der Waals surface area contributed by atoms with Crippen molar-refractivity contribution in [3.8, 4) is 0 Å². The molecule has 3 heterocycles. The Labute approximate surface area is 187 Å². The molecule has 2 saturated heterocycles. The predicted octanol–water partition coefficient (Wildman–Crippen LogP) is 3.49. The summed E-state index contributed by atoms with van der Waals surface area (Å²) in [7, 11) is 0. The van der Waals surface area contributed by atoms with Gasteiger partial charge in [-0.25, -0.2) is 9.18 Å². The van der Waals surface area contributed by atoms with Gasteiger partial charge in [-0.05, 0) is 49.1 Å². The summed E-state index contributed by atoms with van der Waals surface area (Å²) in [6.45, 7) is 2.12. The first-order valence-corrected chi connectivity index (χ1v) is 10.4. The molecule has 11 heteroatoms. The number of amides is 1. The number of benzene rings is 1. The number of nitrogens with one attached hydrogen (secondary N) is 1. The van der Waals surface area contributed by atoms with Gasteiger partial charge in [0.25, 0.3) is 0 Å². The van der Waals surface area contributed by atoms with Crippen LogP contribution in [0, 0.1) is 5.82 Å². The maximum Gasteiger partial charge on any atom is 0.490 e. The Hall–Kier alpha value is -2.92. The van der Waals surface area contributed by atoms with Crippen molar-refractivity contribution in [1.29, 1.82) is 0 Å². The van der Waals surface area contributed by atoms with Crippen LogP contribution in [0.25, 0.3) is 0 Å². The van der Waals surface area contributed by atoms with E-state index in [-0.39, 0.29) is 17.8 Å². The fourth-order valence-corrected chi connectivity index (χ4v) is 3.93. The summed E-state index contributed by atoms with van der Waals surface area (Å²) < 4.78 is 56.1. The Balaban J connectivity index is 0.000000383. The number of carboxylic acids is 1. The van der Waals surface area contributed by atoms with Crippen molar-refractivity contribution in [2.75, 3.05) is 6.54 Å². The topological polar surface area (TPSA) is 92.0 Å². The van der Waals surface area contributed by atoms with Crippen molar-refractivity contribution in [3.63, 3.8) is 0 Å². The number of furan rings is 1. The second kappa shape index (κ2) is 10.8. The van der Waals surface area contributed by atoms with E-state index >= 15 is 0 Å². The highest BCUT2D eigenvalue weighted by molar-refractivity contribution is 5.80. The van der Waals surface area contributed by atoms with Crippen LogP contribution in [0.2, 0.25) is 0 Å². The number of fused-ring (bicyclic) bond motifs is 1. The SMILES string of the molecule is O=C(NCc1ccco1)[C@H]1CC[C@@H]2[C@@H](CCN2Cc2ccc(F)cc2)O1.O=C(O)C(F)(F)F. The van der Waals surface area contributed by atoms with Crippen LogP contribution in [0.15, 0.2) is 47.1 Å². The molecule has 7 nitrogen and oxygen atoms in total. The summed E-state index contributed by atoms with van der Waals surface area (Å²) in [5, 5.41) is 10.0. The normalized spacial score (nSPS) is 22.7. The molecular weight excluding hydrogens is 448 g/mol. The highest BCUT2D eigenvalue weighted by Gasteiger charge is 2.41. The number of alkyl halides is 3. The summed E-state index contributed by atoms with van der Waals surface area (Å²) >= 11 is 0. The van der Waals surface area contributed by atoms with Gasteiger partial charge in [0.05, 0.1) is 18.9 Å². The van der Waals surface area contributed by atoms with Crippen LogP contribution in [-0.2, 0) is 27.4 Å². The number of nitrogens with zero attached hydrogens (tertiary/aromatic N) is 1. The lowest BCUT2D eigenvalue weighted by Crippen LogP contribution is -2.47. The van der Waals surface area contributed by atoms with Crippen LogP contribution in [-0.4, -0.2) is 52.9 Å². The second-order valence-electron chi connectivity index (χ2n) is 7.79. The Bertz CT molecular complexity index is 918. The lowest BCUT2D eigenvalue weighted by molar-refractivity contribution is -0.192. The first-order chi connectivity index (χ1) is 15.6. The van der Waals surface area contributed by atoms with Crippen LogP contribution < -0.4 is 5.32 Å². The molecule has 0 unspecified atom stereocenters. The number of aliphatic carboxylic acids is 1. The van der Waals surface area contributed by atoms with Crippen molar-refractivity contribution < 1.29 is 41.4 Å². The minimum Gasteiger partial charge on any atom is -0.475 e. The Kier molecular flexibility index (Phi) is 8.09. The van der Waals surface area contributed by atoms with Gasteiger partial charge in [0.2, 0.25) is 5.91 Å². The first kappa shape index (κ1) is 24.7. The Morgan fingerprint density at radius 3 is 2.42 bits per heavy atom. The molecule has 0 bridgehead atoms. The third-order valence-electron chi connectivity index (χ3n) is 5.51. The third kappa shape index (κ3) is 7.03. The third-order valence-corrected chi connectivity index (χ3v) is 5.51. The Morgan fingerprint density at radius 2 is 1.82 bits per heavy atom. The average Bonchev–Trinajstić information content (AvgIpc) is 3.43. The van der Waals surface area contributed by atoms with E-state index in [0.717, 1.165) is 37.3 Å². The summed E-state index contributed by atoms with van der Waals surface area (Å²) in [6.07, 6.45) is -1.22. The number of carbonyl (C=O) groups is 2. The van der Waals surface area contributed by atoms with Crippen LogP contribution in [0.1, 0.15) is 30.6 Å². The highest BCUT2D eigenvalue weighted by Crippen LogP contribution is 2.32. The molecule has 0 aliphatic carbocycles. The van der Waals surface area contributed by atoms with Crippen LogP contribution in [0.3, 0.4) is 0 Å². The molecule has 1 aromatic heterocycles. The lowest BCUT2D eigenvalue weighted by atomic mass is 9.98. The zero-order valence-corrected chi connectivity index (χ0v) is 17.6. The fourth-order valence-electron chi connectivity index (χ4n) is 3.93. The number of hydrogen-bond donors (Lipinski definition) is 2. The van der Waals surface area contributed by atoms with E-state index in [1.165, 1.54) is 12.1 Å². The van der Waals surface area contributed by atoms with E-state index < -0.39 is 18.2 Å². The molecule has 2 fully saturated rings. The van der Waals surface area contributed by atoms with Crippen molar-refractivity contribution in [3.05, 3.63) is 59.8 Å². The molecule has 2 aromatic rings. The highest BCUT2D eigenvalue weighted by atomic mass is 19.4. The quantitative estimate of drug-likeness (QED) is 0.648. The van der Waals surface area contributed by atoms with Crippen LogP contribution in [0.4, 0.5) is 17.6 Å². The maximum absolute atomic E-state index is 13.1. The molecule has 1 aromatic carbocycles. The molecule has 1 amide bonds. The summed E-state index contributed by atoms with van der Waals surface area (Å²) in [6, 6.07) is 10.6. The van der Waals surface area contributed by atoms with Gasteiger partial charge in [-0.1, -0.05) is 12.1 Å². The van der Waals surface area contributed by atoms with Gasteiger partial charge in [0.15, 0.2) is 0 Å². The van der Waals surface area contributed by atoms with Gasteiger partial charge in [0.1, 0.15) is 17.7 Å². The minimum atomic E-state index is -5.08. The molecule has 33 heavy (non-hydrogen) atoms. The zero-order chi connectivity index (χ0) is 24.0. The molecule has 2 aliphatic rings. The molecule has 0 saturated carbocycles. The number of carboxylic acid groups (broad SMARTS) is 1. The maximum atomic E-state index is 13.1. The zero-order valence-electron chi connectivity index (χ0n) is 17.6. The summed E-state index contributed by atoms with van der Waals surface area (Å²) in [5.74, 6) is -2.31. The molecule has 0 spiro atoms. The van der Waals surface area contributed by atoms with Crippen molar-refractivity contribution in [2.24, 2.45) is 0 Å². The summed E-state index contributed by atoms with van der Waals surface area (Å²) in [5.41, 5.74) is 1.10. The van der Waals surface area contributed by atoms with Crippen LogP contribution >= 0.6 is 0 Å². The van der Waals surface area contributed by atoms with E-state index in [4.69, 9.17) is 19.1 Å². The van der Waals surface area contributed by atoms with Crippen molar-refractivity contribution in [1.82, 2.24) is 10.2 Å². The van der Waals surface area contributed by atoms with Crippen LogP contribution in [0.5, 0.6) is 0 Å². The molecule has 0 radical (unpaired) electrons. The minimum absolute atomic E-state index is 0.0724. The molecule has 4 rings (SSSR count). The number of carbonyl (C=O) groups excluding carboxylic acids is 1. The fraction of sp³-hybridized carbons (Fsp3) is 0.455. The number of hydrogen-bond acceptors (Lipinski definition) is 5. The monoisotopic (exact) mass is 472 g/mol. The number of rotatable bonds is 5. The standard InChI is InChI=1S/C20H23FN2O3.C2HF3O2/c21-15-5-3-14(4-6-15)13-23-10-9-18-17(23)7-8-19(26-18)20(24)22-12-16-2-1-11-25-16;3-2(4,5)1(6)7/h1-6,11,17-19H,7-10,12-13H2,(H,22,24);(H,6,7)/t17-,18-,19-;/m1./s1. The first-order valence-electron chi connectivity index (χ1n) is 10.4. The van der Waals surface area contributed by atoms with E-state index in [2.05, 4.69) is 10.2 Å². The number of halogens is 4. The van der Waals surface area contributed by atoms with Crippen molar-refractivity contribution >= 4 is 11.9 Å². The molecule has 2 N–H and O–H groups in total. The smallest absolute Gasteiger partial charge is 0.475 e. The Morgan fingerprint density at radius 1 is 1.12 bits per heavy atom. The average molecular weight is 472 g/mol. The largest absolute Gasteiger partial charge is 0.490 e. The predicted molar refractivity (Wildman–Crippen MR) is 107 cm³/mol. The van der Waals surface area contributed by atoms with E-state index in [1.54, 1.807) is 12.3 Å². The summed E-state index contributed by atoms with van der Waals surface area (Å²) in [4.78, 5) is 23.6. The van der Waals surface area contributed by atoms with Gasteiger partial charge < -0.3 is 19.6 Å². The molecule has 180 valence electrons. The van der Waals surface area contributed by atoms with E-state index in [0.29, 0.717) is 19.0 Å². The van der Waals surface area contributed by atoms with Gasteiger partial charge in [0, 0.05) is 19.1 Å². The van der Waals surface area contributed by atoms with E-state index in [1.807, 2.05) is 18.2 Å². The van der Waals surface area contributed by atoms with Gasteiger partial charge in [-0.2, -0.15) is 13.2 Å². The second-order valence-corrected chi connectivity index (χ2v) is 7.79. The van der Waals surface area contributed by atoms with Crippen molar-refractivity contribution in [2.45, 2.75) is 56.8 Å². The lowest BCUT2D eigenvalue weighted by Gasteiger charge is -2.35. The van der Waals surface area contributed by atoms with Gasteiger partial charge in [-0.3, -0.25) is 9.69 Å². The number of ether oxygens (including phenoxy) is 1. The number of likely N-dealkylation sites (tertiary alicyclic amines) is 1.